The number of likely N-dealkylation sites (tertiary alicyclic amines) is 1. The number of benzene rings is 2. The lowest BCUT2D eigenvalue weighted by molar-refractivity contribution is -0.126. The second kappa shape index (κ2) is 9.42. The molecule has 3 amide bonds. The van der Waals surface area contributed by atoms with Gasteiger partial charge >= 0.3 is 6.03 Å². The van der Waals surface area contributed by atoms with Gasteiger partial charge in [-0.2, -0.15) is 0 Å². The Morgan fingerprint density at radius 1 is 1.13 bits per heavy atom. The number of nitrogens with one attached hydrogen (secondary N) is 2. The van der Waals surface area contributed by atoms with Crippen molar-refractivity contribution < 1.29 is 9.59 Å². The molecular weight excluding hydrogens is 392 g/mol. The van der Waals surface area contributed by atoms with E-state index in [1.54, 1.807) is 11.2 Å². The summed E-state index contributed by atoms with van der Waals surface area (Å²) < 4.78 is 1.85. The highest BCUT2D eigenvalue weighted by Gasteiger charge is 2.28. The number of aryl methyl sites for hydroxylation is 1. The summed E-state index contributed by atoms with van der Waals surface area (Å²) >= 11 is 0. The molecule has 2 heterocycles. The lowest BCUT2D eigenvalue weighted by Crippen LogP contribution is -2.46. The van der Waals surface area contributed by atoms with Crippen LogP contribution >= 0.6 is 0 Å². The number of carbonyl (C=O) groups is 2. The van der Waals surface area contributed by atoms with E-state index in [-0.39, 0.29) is 24.4 Å². The summed E-state index contributed by atoms with van der Waals surface area (Å²) in [5.74, 6) is 0.338. The van der Waals surface area contributed by atoms with E-state index in [0.29, 0.717) is 18.9 Å². The van der Waals surface area contributed by atoms with E-state index >= 15 is 0 Å². The van der Waals surface area contributed by atoms with Gasteiger partial charge in [-0.15, -0.1) is 10.2 Å². The average molecular weight is 419 g/mol. The summed E-state index contributed by atoms with van der Waals surface area (Å²) in [5.41, 5.74) is 2.78. The number of rotatable bonds is 5. The molecule has 0 radical (unpaired) electrons. The van der Waals surface area contributed by atoms with Gasteiger partial charge in [0, 0.05) is 24.5 Å². The van der Waals surface area contributed by atoms with Crippen molar-refractivity contribution in [2.24, 2.45) is 5.92 Å². The first-order chi connectivity index (χ1) is 15.1. The zero-order chi connectivity index (χ0) is 21.6. The number of para-hydroxylation sites is 1. The molecule has 1 aliphatic rings. The molecule has 3 aromatic rings. The fourth-order valence-electron chi connectivity index (χ4n) is 3.80. The first kappa shape index (κ1) is 20.6. The molecular formula is C23H26N6O2. The number of amides is 3. The fourth-order valence-corrected chi connectivity index (χ4v) is 3.80. The van der Waals surface area contributed by atoms with E-state index in [2.05, 4.69) is 20.8 Å². The van der Waals surface area contributed by atoms with Gasteiger partial charge in [-0.3, -0.25) is 9.36 Å². The molecule has 1 fully saturated rings. The maximum atomic E-state index is 12.8. The van der Waals surface area contributed by atoms with Gasteiger partial charge in [0.2, 0.25) is 5.91 Å². The minimum atomic E-state index is -0.245. The minimum Gasteiger partial charge on any atom is -0.348 e. The molecule has 1 aliphatic heterocycles. The van der Waals surface area contributed by atoms with E-state index in [0.717, 1.165) is 29.8 Å². The van der Waals surface area contributed by atoms with Gasteiger partial charge < -0.3 is 15.5 Å². The molecule has 1 saturated heterocycles. The number of nitrogens with zero attached hydrogens (tertiary/aromatic N) is 4. The SMILES string of the molecule is Cc1cccc(NC(=O)N2CCCC(C(=O)NCc3nncn3-c3ccccc3)C2)c1. The van der Waals surface area contributed by atoms with Crippen LogP contribution in [0, 0.1) is 12.8 Å². The van der Waals surface area contributed by atoms with Gasteiger partial charge in [0.05, 0.1) is 12.5 Å². The average Bonchev–Trinajstić information content (AvgIpc) is 3.27. The highest BCUT2D eigenvalue weighted by atomic mass is 16.2. The van der Waals surface area contributed by atoms with E-state index in [1.165, 1.54) is 0 Å². The normalized spacial score (nSPS) is 16.0. The molecule has 31 heavy (non-hydrogen) atoms. The number of anilines is 1. The summed E-state index contributed by atoms with van der Waals surface area (Å²) in [7, 11) is 0. The van der Waals surface area contributed by atoms with E-state index in [1.807, 2.05) is 66.1 Å². The largest absolute Gasteiger partial charge is 0.348 e. The maximum Gasteiger partial charge on any atom is 0.321 e. The lowest BCUT2D eigenvalue weighted by atomic mass is 9.97. The lowest BCUT2D eigenvalue weighted by Gasteiger charge is -2.32. The highest BCUT2D eigenvalue weighted by molar-refractivity contribution is 5.90. The summed E-state index contributed by atoms with van der Waals surface area (Å²) in [6.45, 7) is 3.30. The van der Waals surface area contributed by atoms with Crippen molar-refractivity contribution in [2.75, 3.05) is 18.4 Å². The first-order valence-corrected chi connectivity index (χ1v) is 10.4. The Hall–Kier alpha value is -3.68. The molecule has 160 valence electrons. The van der Waals surface area contributed by atoms with Gasteiger partial charge in [0.1, 0.15) is 6.33 Å². The Bertz CT molecular complexity index is 1050. The molecule has 1 atom stereocenters. The van der Waals surface area contributed by atoms with Crippen molar-refractivity contribution in [1.29, 1.82) is 0 Å². The summed E-state index contributed by atoms with van der Waals surface area (Å²) in [4.78, 5) is 27.2. The third kappa shape index (κ3) is 5.09. The number of carbonyl (C=O) groups excluding carboxylic acids is 2. The van der Waals surface area contributed by atoms with Crippen molar-refractivity contribution in [3.8, 4) is 5.69 Å². The summed E-state index contributed by atoms with van der Waals surface area (Å²) in [5, 5.41) is 14.0. The number of piperidine rings is 1. The molecule has 2 aromatic carbocycles. The standard InChI is InChI=1S/C23H26N6O2/c1-17-7-5-9-19(13-17)26-23(31)28-12-6-8-18(15-28)22(30)24-14-21-27-25-16-29(21)20-10-3-2-4-11-20/h2-5,7,9-11,13,16,18H,6,8,12,14-15H2,1H3,(H,24,30)(H,26,31). The number of hydrogen-bond acceptors (Lipinski definition) is 4. The van der Waals surface area contributed by atoms with E-state index in [9.17, 15) is 9.59 Å². The minimum absolute atomic E-state index is 0.0735. The molecule has 4 rings (SSSR count). The van der Waals surface area contributed by atoms with Crippen LogP contribution in [0.5, 0.6) is 0 Å². The Labute approximate surface area is 181 Å². The monoisotopic (exact) mass is 418 g/mol. The van der Waals surface area contributed by atoms with Gasteiger partial charge in [-0.25, -0.2) is 4.79 Å². The van der Waals surface area contributed by atoms with Crippen LogP contribution in [0.4, 0.5) is 10.5 Å². The van der Waals surface area contributed by atoms with Gasteiger partial charge in [0.25, 0.3) is 0 Å². The Kier molecular flexibility index (Phi) is 6.26. The van der Waals surface area contributed by atoms with Crippen LogP contribution in [0.15, 0.2) is 60.9 Å². The second-order valence-corrected chi connectivity index (χ2v) is 7.76. The number of aromatic nitrogens is 3. The van der Waals surface area contributed by atoms with Crippen molar-refractivity contribution in [1.82, 2.24) is 25.0 Å². The topological polar surface area (TPSA) is 92.2 Å². The fraction of sp³-hybridized carbons (Fsp3) is 0.304. The van der Waals surface area contributed by atoms with Gasteiger partial charge in [0.15, 0.2) is 5.82 Å². The van der Waals surface area contributed by atoms with Gasteiger partial charge in [-0.1, -0.05) is 30.3 Å². The molecule has 0 saturated carbocycles. The van der Waals surface area contributed by atoms with Crippen LogP contribution in [0.2, 0.25) is 0 Å². The predicted molar refractivity (Wildman–Crippen MR) is 118 cm³/mol. The Morgan fingerprint density at radius 3 is 2.77 bits per heavy atom. The third-order valence-electron chi connectivity index (χ3n) is 5.42. The number of hydrogen-bond donors (Lipinski definition) is 2. The Morgan fingerprint density at radius 2 is 1.97 bits per heavy atom. The van der Waals surface area contributed by atoms with E-state index in [4.69, 9.17) is 0 Å². The van der Waals surface area contributed by atoms with Crippen LogP contribution in [0.3, 0.4) is 0 Å². The second-order valence-electron chi connectivity index (χ2n) is 7.76. The summed E-state index contributed by atoms with van der Waals surface area (Å²) in [6.07, 6.45) is 3.18. The maximum absolute atomic E-state index is 12.8. The zero-order valence-electron chi connectivity index (χ0n) is 17.5. The molecule has 8 nitrogen and oxygen atoms in total. The van der Waals surface area contributed by atoms with Crippen LogP contribution in [0.1, 0.15) is 24.2 Å². The van der Waals surface area contributed by atoms with Gasteiger partial charge in [-0.05, 0) is 49.6 Å². The van der Waals surface area contributed by atoms with Crippen molar-refractivity contribution in [3.05, 3.63) is 72.3 Å². The molecule has 0 aliphatic carbocycles. The predicted octanol–water partition coefficient (Wildman–Crippen LogP) is 3.14. The first-order valence-electron chi connectivity index (χ1n) is 10.4. The quantitative estimate of drug-likeness (QED) is 0.666. The number of urea groups is 1. The van der Waals surface area contributed by atoms with Crippen LogP contribution < -0.4 is 10.6 Å². The molecule has 2 N–H and O–H groups in total. The molecule has 0 bridgehead atoms. The smallest absolute Gasteiger partial charge is 0.321 e. The van der Waals surface area contributed by atoms with Crippen LogP contribution in [-0.4, -0.2) is 44.7 Å². The molecule has 8 heteroatoms. The zero-order valence-corrected chi connectivity index (χ0v) is 17.5. The Balaban J connectivity index is 1.33. The van der Waals surface area contributed by atoms with Crippen molar-refractivity contribution in [3.63, 3.8) is 0 Å². The highest BCUT2D eigenvalue weighted by Crippen LogP contribution is 2.19. The van der Waals surface area contributed by atoms with Crippen LogP contribution in [0.25, 0.3) is 5.69 Å². The molecule has 1 aromatic heterocycles. The summed E-state index contributed by atoms with van der Waals surface area (Å²) in [6, 6.07) is 17.2. The van der Waals surface area contributed by atoms with Crippen molar-refractivity contribution in [2.45, 2.75) is 26.3 Å². The van der Waals surface area contributed by atoms with Crippen LogP contribution in [-0.2, 0) is 11.3 Å². The third-order valence-corrected chi connectivity index (χ3v) is 5.42. The molecule has 1 unspecified atom stereocenters. The van der Waals surface area contributed by atoms with Crippen molar-refractivity contribution >= 4 is 17.6 Å². The molecule has 0 spiro atoms. The van der Waals surface area contributed by atoms with E-state index < -0.39 is 0 Å².